The number of unbranched alkanes of at least 4 members (excludes halogenated alkanes) is 41. The maximum absolute atomic E-state index is 13.5. The van der Waals surface area contributed by atoms with Gasteiger partial charge >= 0.3 is 5.97 Å². The van der Waals surface area contributed by atoms with Crippen LogP contribution < -0.4 is 5.32 Å². The summed E-state index contributed by atoms with van der Waals surface area (Å²) in [4.78, 5) is 26.7. The van der Waals surface area contributed by atoms with Gasteiger partial charge in [0.15, 0.2) is 12.4 Å². The third-order valence-electron chi connectivity index (χ3n) is 16.7. The van der Waals surface area contributed by atoms with Crippen LogP contribution in [0.15, 0.2) is 48.6 Å². The normalized spacial score (nSPS) is 18.8. The number of nitrogens with one attached hydrogen (secondary N) is 1. The predicted octanol–water partition coefficient (Wildman–Crippen LogP) is 18.0. The largest absolute Gasteiger partial charge is 0.454 e. The Labute approximate surface area is 510 Å². The molecule has 1 aliphatic heterocycles. The van der Waals surface area contributed by atoms with E-state index in [1.54, 1.807) is 6.08 Å². The van der Waals surface area contributed by atoms with Gasteiger partial charge < -0.3 is 45.1 Å². The molecular formula is C72H133NO10. The number of amides is 1. The van der Waals surface area contributed by atoms with Crippen molar-refractivity contribution >= 4 is 11.9 Å². The minimum absolute atomic E-state index is 0.120. The van der Waals surface area contributed by atoms with Gasteiger partial charge in [-0.25, -0.2) is 0 Å². The van der Waals surface area contributed by atoms with E-state index in [4.69, 9.17) is 14.2 Å². The van der Waals surface area contributed by atoms with Crippen LogP contribution in [0, 0.1) is 0 Å². The van der Waals surface area contributed by atoms with Crippen molar-refractivity contribution in [2.45, 2.75) is 384 Å². The molecule has 1 fully saturated rings. The highest BCUT2D eigenvalue weighted by Crippen LogP contribution is 2.26. The molecule has 0 spiro atoms. The molecule has 0 bridgehead atoms. The maximum Gasteiger partial charge on any atom is 0.306 e. The summed E-state index contributed by atoms with van der Waals surface area (Å²) in [5, 5.41) is 57.2. The molecule has 486 valence electrons. The number of ether oxygens (including phenoxy) is 3. The number of hydrogen-bond donors (Lipinski definition) is 6. The van der Waals surface area contributed by atoms with Gasteiger partial charge in [0, 0.05) is 6.42 Å². The Hall–Kier alpha value is -2.38. The molecule has 0 radical (unpaired) electrons. The molecule has 0 aromatic carbocycles. The molecule has 11 nitrogen and oxygen atoms in total. The first-order valence-electron chi connectivity index (χ1n) is 35.4. The van der Waals surface area contributed by atoms with Gasteiger partial charge in [-0.3, -0.25) is 9.59 Å². The molecule has 1 rings (SSSR count). The quantitative estimate of drug-likeness (QED) is 0.0195. The molecule has 83 heavy (non-hydrogen) atoms. The number of esters is 1. The van der Waals surface area contributed by atoms with Crippen LogP contribution in [-0.4, -0.2) is 99.6 Å². The molecule has 0 aromatic rings. The lowest BCUT2D eigenvalue weighted by Crippen LogP contribution is -2.61. The van der Waals surface area contributed by atoms with Gasteiger partial charge in [-0.1, -0.05) is 294 Å². The number of carbonyl (C=O) groups is 2. The molecule has 0 aromatic heterocycles. The summed E-state index contributed by atoms with van der Waals surface area (Å²) in [5.41, 5.74) is 0. The maximum atomic E-state index is 13.5. The van der Waals surface area contributed by atoms with Gasteiger partial charge in [0.05, 0.1) is 25.4 Å². The SMILES string of the molecule is CCCCC/C=C\C/C=C\CCCCCCCCCCCCCCCCC(O)C(=O)NC(COC1OC(CO)C(O)C(O)C1OC(=O)CCCCCCCCC/C=C/CCCCCCCC)C(O)/C=C/CCCCCCCCCCCCC. The van der Waals surface area contributed by atoms with Crippen LogP contribution in [0.3, 0.4) is 0 Å². The second-order valence-corrected chi connectivity index (χ2v) is 24.6. The highest BCUT2D eigenvalue weighted by atomic mass is 16.7. The smallest absolute Gasteiger partial charge is 0.306 e. The first-order chi connectivity index (χ1) is 40.7. The number of aliphatic hydroxyl groups is 5. The summed E-state index contributed by atoms with van der Waals surface area (Å²) < 4.78 is 17.7. The van der Waals surface area contributed by atoms with Crippen LogP contribution in [-0.2, 0) is 23.8 Å². The number of allylic oxidation sites excluding steroid dienone is 7. The Bertz CT molecular complexity index is 1540. The first-order valence-corrected chi connectivity index (χ1v) is 35.4. The van der Waals surface area contributed by atoms with Gasteiger partial charge in [-0.05, 0) is 83.5 Å². The predicted molar refractivity (Wildman–Crippen MR) is 347 cm³/mol. The number of aliphatic hydroxyl groups excluding tert-OH is 5. The summed E-state index contributed by atoms with van der Waals surface area (Å²) >= 11 is 0. The van der Waals surface area contributed by atoms with Crippen LogP contribution >= 0.6 is 0 Å². The van der Waals surface area contributed by atoms with Crippen LogP contribution in [0.25, 0.3) is 0 Å². The van der Waals surface area contributed by atoms with E-state index in [0.29, 0.717) is 19.3 Å². The Morgan fingerprint density at radius 1 is 0.470 bits per heavy atom. The molecule has 1 amide bonds. The lowest BCUT2D eigenvalue weighted by Gasteiger charge is -2.41. The third kappa shape index (κ3) is 47.4. The van der Waals surface area contributed by atoms with Gasteiger partial charge in [0.25, 0.3) is 0 Å². The summed E-state index contributed by atoms with van der Waals surface area (Å²) in [6.07, 6.45) is 64.3. The molecule has 0 aliphatic carbocycles. The van der Waals surface area contributed by atoms with Gasteiger partial charge in [-0.2, -0.15) is 0 Å². The monoisotopic (exact) mass is 1170 g/mol. The van der Waals surface area contributed by atoms with Crippen LogP contribution in [0.4, 0.5) is 0 Å². The van der Waals surface area contributed by atoms with Crippen LogP contribution in [0.2, 0.25) is 0 Å². The fourth-order valence-electron chi connectivity index (χ4n) is 11.1. The Morgan fingerprint density at radius 3 is 1.27 bits per heavy atom. The van der Waals surface area contributed by atoms with Crippen molar-refractivity contribution in [2.24, 2.45) is 0 Å². The minimum atomic E-state index is -1.61. The summed E-state index contributed by atoms with van der Waals surface area (Å²) in [6, 6.07) is -1.02. The highest BCUT2D eigenvalue weighted by Gasteiger charge is 2.47. The Kier molecular flexibility index (Phi) is 56.8. The van der Waals surface area contributed by atoms with Gasteiger partial charge in [0.2, 0.25) is 5.91 Å². The average Bonchev–Trinajstić information content (AvgIpc) is 3.67. The third-order valence-corrected chi connectivity index (χ3v) is 16.7. The molecule has 1 saturated heterocycles. The zero-order valence-electron chi connectivity index (χ0n) is 54.1. The van der Waals surface area contributed by atoms with Crippen molar-refractivity contribution in [1.29, 1.82) is 0 Å². The molecular weight excluding hydrogens is 1040 g/mol. The molecule has 1 aliphatic rings. The molecule has 8 atom stereocenters. The first kappa shape index (κ1) is 78.6. The Balaban J connectivity index is 2.59. The minimum Gasteiger partial charge on any atom is -0.454 e. The van der Waals surface area contributed by atoms with Crippen molar-refractivity contribution in [3.8, 4) is 0 Å². The molecule has 6 N–H and O–H groups in total. The van der Waals surface area contributed by atoms with E-state index in [2.05, 4.69) is 62.5 Å². The fraction of sp³-hybridized carbons (Fsp3) is 0.861. The summed E-state index contributed by atoms with van der Waals surface area (Å²) in [5.74, 6) is -1.19. The van der Waals surface area contributed by atoms with Crippen molar-refractivity contribution < 1.29 is 49.3 Å². The molecule has 11 heteroatoms. The van der Waals surface area contributed by atoms with E-state index in [-0.39, 0.29) is 13.0 Å². The van der Waals surface area contributed by atoms with E-state index in [0.717, 1.165) is 77.0 Å². The lowest BCUT2D eigenvalue weighted by molar-refractivity contribution is -0.305. The van der Waals surface area contributed by atoms with Crippen molar-refractivity contribution in [3.05, 3.63) is 48.6 Å². The van der Waals surface area contributed by atoms with E-state index in [1.165, 1.54) is 212 Å². The van der Waals surface area contributed by atoms with E-state index < -0.39 is 67.4 Å². The second kappa shape index (κ2) is 59.9. The zero-order valence-corrected chi connectivity index (χ0v) is 54.1. The summed E-state index contributed by atoms with van der Waals surface area (Å²) in [6.45, 7) is 5.80. The highest BCUT2D eigenvalue weighted by molar-refractivity contribution is 5.80. The van der Waals surface area contributed by atoms with Crippen molar-refractivity contribution in [2.75, 3.05) is 13.2 Å². The van der Waals surface area contributed by atoms with Gasteiger partial charge in [-0.15, -0.1) is 0 Å². The topological polar surface area (TPSA) is 175 Å². The van der Waals surface area contributed by atoms with E-state index >= 15 is 0 Å². The Morgan fingerprint density at radius 2 is 0.831 bits per heavy atom. The molecule has 1 heterocycles. The number of rotatable bonds is 61. The number of hydrogen-bond acceptors (Lipinski definition) is 10. The molecule has 8 unspecified atom stereocenters. The molecule has 0 saturated carbocycles. The number of carbonyl (C=O) groups excluding carboxylic acids is 2. The lowest BCUT2D eigenvalue weighted by atomic mass is 9.99. The fourth-order valence-corrected chi connectivity index (χ4v) is 11.1. The van der Waals surface area contributed by atoms with E-state index in [1.807, 2.05) is 6.08 Å². The van der Waals surface area contributed by atoms with Gasteiger partial charge in [0.1, 0.15) is 24.4 Å². The van der Waals surface area contributed by atoms with E-state index in [9.17, 15) is 35.1 Å². The van der Waals surface area contributed by atoms with Crippen LogP contribution in [0.1, 0.15) is 335 Å². The average molecular weight is 1170 g/mol. The van der Waals surface area contributed by atoms with Crippen LogP contribution in [0.5, 0.6) is 0 Å². The van der Waals surface area contributed by atoms with Crippen molar-refractivity contribution in [1.82, 2.24) is 5.32 Å². The zero-order chi connectivity index (χ0) is 60.3. The second-order valence-electron chi connectivity index (χ2n) is 24.6. The standard InChI is InChI=1S/C72H133NO10/c1-4-7-10-13-16-19-22-25-27-29-30-31-32-33-34-35-37-38-41-44-47-50-53-56-59-65(76)71(80)73-63(64(75)58-55-52-49-46-43-40-24-21-18-15-12-9-6-3)62-81-72-70(69(79)68(78)66(61-74)82-72)83-67(77)60-57-54-51-48-45-42-39-36-28-26-23-20-17-14-11-8-5-2/h16,19,25-28,55,58,63-66,68-70,72,74-76,78-79H,4-15,17-18,20-24,29-54,56-57,59-62H2,1-3H3,(H,73,80)/b19-16-,27-25-,28-26+,58-55+. The summed E-state index contributed by atoms with van der Waals surface area (Å²) in [7, 11) is 0. The van der Waals surface area contributed by atoms with Crippen molar-refractivity contribution in [3.63, 3.8) is 0 Å².